The van der Waals surface area contributed by atoms with Crippen LogP contribution in [0.3, 0.4) is 0 Å². The van der Waals surface area contributed by atoms with Gasteiger partial charge in [-0.3, -0.25) is 24.3 Å². The summed E-state index contributed by atoms with van der Waals surface area (Å²) < 4.78 is 26.6. The summed E-state index contributed by atoms with van der Waals surface area (Å²) in [5.41, 5.74) is 1.06. The second kappa shape index (κ2) is 21.9. The zero-order valence-corrected chi connectivity index (χ0v) is 25.9. The Morgan fingerprint density at radius 1 is 0.900 bits per heavy atom. The lowest BCUT2D eigenvalue weighted by molar-refractivity contribution is -0.145. The van der Waals surface area contributed by atoms with E-state index in [1.807, 2.05) is 59.1 Å². The quantitative estimate of drug-likeness (QED) is 0.113. The van der Waals surface area contributed by atoms with E-state index in [1.165, 1.54) is 14.0 Å². The minimum atomic E-state index is -1.08. The van der Waals surface area contributed by atoms with Crippen LogP contribution in [0.4, 0.5) is 0 Å². The lowest BCUT2D eigenvalue weighted by Gasteiger charge is -2.31. The number of carbonyl (C=O) groups excluding carboxylic acids is 2. The number of nitrogens with zero attached hydrogens (tertiary/aromatic N) is 4. The highest BCUT2D eigenvalue weighted by atomic mass is 31.2. The third-order valence-electron chi connectivity index (χ3n) is 6.06. The lowest BCUT2D eigenvalue weighted by Crippen LogP contribution is -2.44. The fourth-order valence-corrected chi connectivity index (χ4v) is 4.68. The molecule has 0 amide bonds. The first-order chi connectivity index (χ1) is 19.2. The van der Waals surface area contributed by atoms with Gasteiger partial charge in [-0.2, -0.15) is 0 Å². The number of ether oxygens (including phenoxy) is 3. The van der Waals surface area contributed by atoms with Crippen LogP contribution in [0.25, 0.3) is 0 Å². The van der Waals surface area contributed by atoms with Gasteiger partial charge in [0.05, 0.1) is 39.3 Å². The third-order valence-corrected chi connectivity index (χ3v) is 7.51. The summed E-state index contributed by atoms with van der Waals surface area (Å²) in [6.45, 7) is 6.86. The molecule has 0 aromatic heterocycles. The van der Waals surface area contributed by atoms with Crippen molar-refractivity contribution in [2.45, 2.75) is 19.6 Å². The number of methoxy groups -OCH3 is 1. The maximum Gasteiger partial charge on any atom is 0.319 e. The van der Waals surface area contributed by atoms with Crippen molar-refractivity contribution in [1.82, 2.24) is 19.6 Å². The minimum Gasteiger partial charge on any atom is -0.468 e. The SMILES string of the molecule is COC(=O)CN(CCN(C)CC(O)COCc1ccccc1)CCN(CCN(C)COC(C)=O)CP(OC)OC. The largest absolute Gasteiger partial charge is 0.468 e. The van der Waals surface area contributed by atoms with E-state index in [9.17, 15) is 14.7 Å². The molecule has 0 spiro atoms. The molecule has 12 nitrogen and oxygen atoms in total. The van der Waals surface area contributed by atoms with Gasteiger partial charge in [-0.25, -0.2) is 0 Å². The van der Waals surface area contributed by atoms with Crippen LogP contribution in [-0.4, -0.2) is 150 Å². The molecular weight excluding hydrogens is 539 g/mol. The number of rotatable bonds is 23. The minimum absolute atomic E-state index is 0.163. The van der Waals surface area contributed by atoms with E-state index in [4.69, 9.17) is 23.3 Å². The van der Waals surface area contributed by atoms with E-state index in [0.717, 1.165) is 5.56 Å². The summed E-state index contributed by atoms with van der Waals surface area (Å²) in [6, 6.07) is 9.85. The monoisotopic (exact) mass is 588 g/mol. The van der Waals surface area contributed by atoms with Gasteiger partial charge in [0.15, 0.2) is 8.38 Å². The van der Waals surface area contributed by atoms with Crippen molar-refractivity contribution in [2.75, 3.05) is 107 Å². The number of aliphatic hydroxyl groups excluding tert-OH is 1. The van der Waals surface area contributed by atoms with Crippen LogP contribution in [0.5, 0.6) is 0 Å². The number of hydrogen-bond donors (Lipinski definition) is 1. The number of likely N-dealkylation sites (N-methyl/N-ethyl adjacent to an activating group) is 2. The van der Waals surface area contributed by atoms with E-state index in [1.54, 1.807) is 14.2 Å². The summed E-state index contributed by atoms with van der Waals surface area (Å²) >= 11 is 0. The summed E-state index contributed by atoms with van der Waals surface area (Å²) in [4.78, 5) is 31.4. The Bertz CT molecular complexity index is 806. The van der Waals surface area contributed by atoms with Gasteiger partial charge in [-0.15, -0.1) is 0 Å². The van der Waals surface area contributed by atoms with Gasteiger partial charge in [0, 0.05) is 67.0 Å². The second-order valence-corrected chi connectivity index (χ2v) is 11.2. The summed E-state index contributed by atoms with van der Waals surface area (Å²) in [5, 5.41) is 10.4. The zero-order chi connectivity index (χ0) is 29.8. The molecule has 0 bridgehead atoms. The van der Waals surface area contributed by atoms with E-state index >= 15 is 0 Å². The maximum absolute atomic E-state index is 12.1. The smallest absolute Gasteiger partial charge is 0.319 e. The molecular formula is C27H49N4O8P. The Hall–Kier alpha value is -1.73. The summed E-state index contributed by atoms with van der Waals surface area (Å²) in [5.74, 6) is -0.623. The Labute approximate surface area is 240 Å². The van der Waals surface area contributed by atoms with Crippen LogP contribution >= 0.6 is 8.38 Å². The molecule has 1 unspecified atom stereocenters. The van der Waals surface area contributed by atoms with Crippen molar-refractivity contribution in [3.05, 3.63) is 35.9 Å². The van der Waals surface area contributed by atoms with Crippen molar-refractivity contribution in [2.24, 2.45) is 0 Å². The van der Waals surface area contributed by atoms with Crippen molar-refractivity contribution >= 4 is 20.3 Å². The van der Waals surface area contributed by atoms with Crippen LogP contribution in [-0.2, 0) is 39.5 Å². The summed E-state index contributed by atoms with van der Waals surface area (Å²) in [7, 11) is 7.38. The van der Waals surface area contributed by atoms with Crippen LogP contribution in [0, 0.1) is 0 Å². The summed E-state index contributed by atoms with van der Waals surface area (Å²) in [6.07, 6.45) is -0.0187. The van der Waals surface area contributed by atoms with Gasteiger partial charge in [-0.1, -0.05) is 30.3 Å². The van der Waals surface area contributed by atoms with Crippen LogP contribution in [0.15, 0.2) is 30.3 Å². The lowest BCUT2D eigenvalue weighted by atomic mass is 10.2. The van der Waals surface area contributed by atoms with Gasteiger partial charge >= 0.3 is 11.9 Å². The van der Waals surface area contributed by atoms with Crippen LogP contribution in [0.2, 0.25) is 0 Å². The molecule has 0 fully saturated rings. The molecule has 0 aliphatic rings. The molecule has 0 heterocycles. The van der Waals surface area contributed by atoms with Gasteiger partial charge < -0.3 is 33.3 Å². The maximum atomic E-state index is 12.1. The Balaban J connectivity index is 2.59. The molecule has 1 aromatic rings. The molecule has 0 saturated carbocycles. The first-order valence-corrected chi connectivity index (χ1v) is 14.7. The molecule has 1 atom stereocenters. The Morgan fingerprint density at radius 2 is 1.50 bits per heavy atom. The molecule has 0 aliphatic heterocycles. The molecule has 0 aliphatic carbocycles. The first-order valence-electron chi connectivity index (χ1n) is 13.3. The van der Waals surface area contributed by atoms with Gasteiger partial charge in [0.1, 0.15) is 6.73 Å². The van der Waals surface area contributed by atoms with Gasteiger partial charge in [-0.05, 0) is 19.7 Å². The number of esters is 2. The molecule has 13 heteroatoms. The van der Waals surface area contributed by atoms with Crippen LogP contribution < -0.4 is 0 Å². The number of aliphatic hydroxyl groups is 1. The number of benzene rings is 1. The highest BCUT2D eigenvalue weighted by Crippen LogP contribution is 2.36. The van der Waals surface area contributed by atoms with Gasteiger partial charge in [0.2, 0.25) is 0 Å². The van der Waals surface area contributed by atoms with E-state index < -0.39 is 14.5 Å². The molecule has 0 radical (unpaired) electrons. The fourth-order valence-electron chi connectivity index (χ4n) is 3.69. The normalized spacial score (nSPS) is 12.6. The average molecular weight is 589 g/mol. The number of carbonyl (C=O) groups is 2. The van der Waals surface area contributed by atoms with Crippen molar-refractivity contribution in [3.8, 4) is 0 Å². The molecule has 40 heavy (non-hydrogen) atoms. The molecule has 0 saturated heterocycles. The van der Waals surface area contributed by atoms with Crippen molar-refractivity contribution < 1.29 is 38.0 Å². The van der Waals surface area contributed by atoms with Crippen molar-refractivity contribution in [3.63, 3.8) is 0 Å². The van der Waals surface area contributed by atoms with E-state index in [2.05, 4.69) is 4.90 Å². The standard InChI is InChI=1S/C27H49N4O8P/c1-24(32)39-22-29(3)13-15-31(23-40(36-5)37-6)17-16-30(19-27(34)35-4)14-12-28(2)18-26(33)21-38-20-25-10-8-7-9-11-25/h7-11,26,33H,12-23H2,1-6H3. The van der Waals surface area contributed by atoms with Crippen molar-refractivity contribution in [1.29, 1.82) is 0 Å². The van der Waals surface area contributed by atoms with E-state index in [0.29, 0.717) is 58.7 Å². The zero-order valence-electron chi connectivity index (χ0n) is 25.0. The second-order valence-electron chi connectivity index (χ2n) is 9.57. The predicted molar refractivity (Wildman–Crippen MR) is 155 cm³/mol. The topological polar surface area (TPSA) is 113 Å². The average Bonchev–Trinajstić information content (AvgIpc) is 2.94. The third kappa shape index (κ3) is 17.9. The highest BCUT2D eigenvalue weighted by molar-refractivity contribution is 7.47. The molecule has 1 rings (SSSR count). The predicted octanol–water partition coefficient (Wildman–Crippen LogP) is 1.29. The van der Waals surface area contributed by atoms with Gasteiger partial charge in [0.25, 0.3) is 0 Å². The van der Waals surface area contributed by atoms with E-state index in [-0.39, 0.29) is 31.8 Å². The first kappa shape index (κ1) is 36.3. The number of hydrogen-bond acceptors (Lipinski definition) is 12. The molecule has 1 N–H and O–H groups in total. The Kier molecular flexibility index (Phi) is 19.9. The van der Waals surface area contributed by atoms with Crippen LogP contribution in [0.1, 0.15) is 12.5 Å². The molecule has 230 valence electrons. The molecule has 1 aromatic carbocycles. The fraction of sp³-hybridized carbons (Fsp3) is 0.704. The highest BCUT2D eigenvalue weighted by Gasteiger charge is 2.19. The Morgan fingerprint density at radius 3 is 2.12 bits per heavy atom.